The first kappa shape index (κ1) is 13.5. The Bertz CT molecular complexity index is 456. The fourth-order valence-corrected chi connectivity index (χ4v) is 2.39. The summed E-state index contributed by atoms with van der Waals surface area (Å²) in [5, 5.41) is 0. The molecule has 1 aromatic carbocycles. The molecule has 98 valence electrons. The molecule has 1 aliphatic heterocycles. The Hall–Kier alpha value is -0.980. The first-order valence-corrected chi connectivity index (χ1v) is 6.42. The largest absolute Gasteiger partial charge is 0.378 e. The number of halogens is 2. The highest BCUT2D eigenvalue weighted by Crippen LogP contribution is 2.19. The van der Waals surface area contributed by atoms with Crippen molar-refractivity contribution in [3.05, 3.63) is 34.1 Å². The number of hydrogen-bond acceptors (Lipinski definition) is 3. The molecule has 1 aromatic rings. The number of carbonyl (C=O) groups excluding carboxylic acids is 1. The van der Waals surface area contributed by atoms with Crippen molar-refractivity contribution < 1.29 is 13.9 Å². The molecule has 18 heavy (non-hydrogen) atoms. The van der Waals surface area contributed by atoms with Crippen LogP contribution >= 0.6 is 15.9 Å². The molecule has 1 aliphatic rings. The zero-order valence-corrected chi connectivity index (χ0v) is 11.3. The van der Waals surface area contributed by atoms with Crippen LogP contribution in [0.2, 0.25) is 0 Å². The zero-order chi connectivity index (χ0) is 13.1. The molecule has 1 amide bonds. The first-order valence-electron chi connectivity index (χ1n) is 5.63. The van der Waals surface area contributed by atoms with Crippen molar-refractivity contribution in [2.75, 3.05) is 19.8 Å². The van der Waals surface area contributed by atoms with Gasteiger partial charge in [-0.1, -0.05) is 6.07 Å². The Morgan fingerprint density at radius 1 is 1.61 bits per heavy atom. The van der Waals surface area contributed by atoms with Gasteiger partial charge >= 0.3 is 0 Å². The average molecular weight is 317 g/mol. The molecule has 1 heterocycles. The lowest BCUT2D eigenvalue weighted by molar-refractivity contribution is -0.129. The number of primary amides is 1. The van der Waals surface area contributed by atoms with Gasteiger partial charge in [0.15, 0.2) is 0 Å². The van der Waals surface area contributed by atoms with E-state index < -0.39 is 11.9 Å². The zero-order valence-electron chi connectivity index (χ0n) is 9.73. The van der Waals surface area contributed by atoms with E-state index in [1.54, 1.807) is 12.1 Å². The summed E-state index contributed by atoms with van der Waals surface area (Å²) < 4.78 is 18.8. The third kappa shape index (κ3) is 3.07. The number of hydrogen-bond donors (Lipinski definition) is 1. The minimum absolute atomic E-state index is 0.299. The maximum Gasteiger partial charge on any atom is 0.237 e. The van der Waals surface area contributed by atoms with Gasteiger partial charge in [0.1, 0.15) is 11.9 Å². The van der Waals surface area contributed by atoms with Gasteiger partial charge in [-0.15, -0.1) is 0 Å². The Balaban J connectivity index is 2.10. The molecule has 1 atom stereocenters. The highest BCUT2D eigenvalue weighted by atomic mass is 79.9. The fraction of sp³-hybridized carbons (Fsp3) is 0.417. The van der Waals surface area contributed by atoms with Gasteiger partial charge in [-0.25, -0.2) is 4.39 Å². The van der Waals surface area contributed by atoms with Crippen molar-refractivity contribution in [2.45, 2.75) is 12.6 Å². The normalized spacial score (nSPS) is 20.9. The summed E-state index contributed by atoms with van der Waals surface area (Å²) in [7, 11) is 0. The second-order valence-electron chi connectivity index (χ2n) is 4.21. The van der Waals surface area contributed by atoms with Crippen LogP contribution < -0.4 is 5.73 Å². The van der Waals surface area contributed by atoms with Gasteiger partial charge in [-0.2, -0.15) is 0 Å². The summed E-state index contributed by atoms with van der Waals surface area (Å²) in [6.07, 6.45) is 0. The van der Waals surface area contributed by atoms with Gasteiger partial charge in [-0.3, -0.25) is 9.69 Å². The van der Waals surface area contributed by atoms with Crippen LogP contribution in [0, 0.1) is 5.82 Å². The smallest absolute Gasteiger partial charge is 0.237 e. The second kappa shape index (κ2) is 5.77. The van der Waals surface area contributed by atoms with E-state index in [1.165, 1.54) is 6.07 Å². The van der Waals surface area contributed by atoms with Crippen molar-refractivity contribution in [2.24, 2.45) is 5.73 Å². The topological polar surface area (TPSA) is 55.6 Å². The van der Waals surface area contributed by atoms with E-state index in [9.17, 15) is 9.18 Å². The number of nitrogens with zero attached hydrogens (tertiary/aromatic N) is 1. The van der Waals surface area contributed by atoms with Gasteiger partial charge in [0, 0.05) is 13.1 Å². The third-order valence-corrected chi connectivity index (χ3v) is 3.55. The molecule has 1 unspecified atom stereocenters. The average Bonchev–Trinajstić information content (AvgIpc) is 2.34. The van der Waals surface area contributed by atoms with Crippen molar-refractivity contribution in [3.63, 3.8) is 0 Å². The lowest BCUT2D eigenvalue weighted by atomic mass is 10.1. The van der Waals surface area contributed by atoms with Crippen LogP contribution in [0.3, 0.4) is 0 Å². The van der Waals surface area contributed by atoms with Gasteiger partial charge < -0.3 is 10.5 Å². The molecule has 1 saturated heterocycles. The fourth-order valence-electron chi connectivity index (χ4n) is 1.96. The number of nitrogens with two attached hydrogens (primary N) is 1. The summed E-state index contributed by atoms with van der Waals surface area (Å²) in [6, 6.07) is 4.40. The van der Waals surface area contributed by atoms with Crippen molar-refractivity contribution in [1.29, 1.82) is 0 Å². The lowest BCUT2D eigenvalue weighted by Gasteiger charge is -2.33. The van der Waals surface area contributed by atoms with E-state index in [0.29, 0.717) is 30.8 Å². The van der Waals surface area contributed by atoms with E-state index in [4.69, 9.17) is 10.5 Å². The maximum absolute atomic E-state index is 13.1. The number of benzene rings is 1. The quantitative estimate of drug-likeness (QED) is 0.913. The minimum atomic E-state index is -0.414. The predicted molar refractivity (Wildman–Crippen MR) is 68.3 cm³/mol. The molecule has 0 bridgehead atoms. The summed E-state index contributed by atoms with van der Waals surface area (Å²) in [5.74, 6) is -0.692. The number of morpholine rings is 1. The Labute approximate surface area is 113 Å². The lowest BCUT2D eigenvalue weighted by Crippen LogP contribution is -2.51. The van der Waals surface area contributed by atoms with Crippen LogP contribution in [0.25, 0.3) is 0 Å². The van der Waals surface area contributed by atoms with Gasteiger partial charge in [0.2, 0.25) is 5.91 Å². The predicted octanol–water partition coefficient (Wildman–Crippen LogP) is 1.27. The van der Waals surface area contributed by atoms with Crippen LogP contribution in [0.1, 0.15) is 5.56 Å². The SMILES string of the molecule is NC(=O)C1COCCN1Cc1ccc(F)c(Br)c1. The van der Waals surface area contributed by atoms with Crippen molar-refractivity contribution in [3.8, 4) is 0 Å². The number of ether oxygens (including phenoxy) is 1. The molecular weight excluding hydrogens is 303 g/mol. The standard InChI is InChI=1S/C12H14BrFN2O2/c13-9-5-8(1-2-10(9)14)6-16-3-4-18-7-11(16)12(15)17/h1-2,5,11H,3-4,6-7H2,(H2,15,17). The number of rotatable bonds is 3. The van der Waals surface area contributed by atoms with Crippen LogP contribution in [0.4, 0.5) is 4.39 Å². The van der Waals surface area contributed by atoms with E-state index in [1.807, 2.05) is 4.90 Å². The van der Waals surface area contributed by atoms with E-state index in [-0.39, 0.29) is 5.82 Å². The van der Waals surface area contributed by atoms with Crippen LogP contribution in [0.15, 0.2) is 22.7 Å². The van der Waals surface area contributed by atoms with E-state index in [2.05, 4.69) is 15.9 Å². The third-order valence-electron chi connectivity index (χ3n) is 2.94. The van der Waals surface area contributed by atoms with Gasteiger partial charge in [-0.05, 0) is 33.6 Å². The van der Waals surface area contributed by atoms with E-state index in [0.717, 1.165) is 5.56 Å². The highest BCUT2D eigenvalue weighted by molar-refractivity contribution is 9.10. The molecule has 0 saturated carbocycles. The molecule has 0 aromatic heterocycles. The van der Waals surface area contributed by atoms with Crippen LogP contribution in [-0.4, -0.2) is 36.6 Å². The molecule has 6 heteroatoms. The molecular formula is C12H14BrFN2O2. The summed E-state index contributed by atoms with van der Waals surface area (Å²) in [5.41, 5.74) is 6.26. The van der Waals surface area contributed by atoms with Crippen molar-refractivity contribution >= 4 is 21.8 Å². The molecule has 0 aliphatic carbocycles. The second-order valence-corrected chi connectivity index (χ2v) is 5.07. The molecule has 0 spiro atoms. The minimum Gasteiger partial charge on any atom is -0.378 e. The molecule has 2 N–H and O–H groups in total. The summed E-state index contributed by atoms with van der Waals surface area (Å²) in [4.78, 5) is 13.3. The Morgan fingerprint density at radius 2 is 2.39 bits per heavy atom. The van der Waals surface area contributed by atoms with Gasteiger partial charge in [0.05, 0.1) is 17.7 Å². The summed E-state index contributed by atoms with van der Waals surface area (Å²) >= 11 is 3.15. The van der Waals surface area contributed by atoms with Gasteiger partial charge in [0.25, 0.3) is 0 Å². The highest BCUT2D eigenvalue weighted by Gasteiger charge is 2.27. The van der Waals surface area contributed by atoms with Crippen LogP contribution in [-0.2, 0) is 16.1 Å². The number of carbonyl (C=O) groups is 1. The van der Waals surface area contributed by atoms with Crippen LogP contribution in [0.5, 0.6) is 0 Å². The van der Waals surface area contributed by atoms with E-state index >= 15 is 0 Å². The first-order chi connectivity index (χ1) is 8.58. The molecule has 4 nitrogen and oxygen atoms in total. The van der Waals surface area contributed by atoms with Crippen molar-refractivity contribution in [1.82, 2.24) is 4.90 Å². The molecule has 1 fully saturated rings. The summed E-state index contributed by atoms with van der Waals surface area (Å²) in [6.45, 7) is 2.09. The monoisotopic (exact) mass is 316 g/mol. The molecule has 0 radical (unpaired) electrons. The Morgan fingerprint density at radius 3 is 3.06 bits per heavy atom. The maximum atomic E-state index is 13.1. The Kier molecular flexibility index (Phi) is 4.31. The molecule has 2 rings (SSSR count). The number of amides is 1.